The fraction of sp³-hybridized carbons (Fsp3) is 0.375. The summed E-state index contributed by atoms with van der Waals surface area (Å²) < 4.78 is 21.5. The molecule has 0 saturated carbocycles. The van der Waals surface area contributed by atoms with Crippen LogP contribution in [0.5, 0.6) is 5.75 Å². The normalized spacial score (nSPS) is 16.5. The first kappa shape index (κ1) is 29.3. The van der Waals surface area contributed by atoms with Crippen molar-refractivity contribution in [2.75, 3.05) is 25.5 Å². The Morgan fingerprint density at radius 1 is 1.30 bits per heavy atom. The van der Waals surface area contributed by atoms with E-state index in [2.05, 4.69) is 20.4 Å². The summed E-state index contributed by atoms with van der Waals surface area (Å²) >= 11 is 1.17. The number of rotatable bonds is 14. The van der Waals surface area contributed by atoms with Gasteiger partial charge in [0.1, 0.15) is 24.1 Å². The van der Waals surface area contributed by atoms with E-state index in [0.717, 1.165) is 40.6 Å². The van der Waals surface area contributed by atoms with Gasteiger partial charge in [-0.15, -0.1) is 11.3 Å². The van der Waals surface area contributed by atoms with Crippen LogP contribution < -0.4 is 21.5 Å². The highest BCUT2D eigenvalue weighted by Crippen LogP contribution is 2.33. The summed E-state index contributed by atoms with van der Waals surface area (Å²) in [6, 6.07) is 6.56. The van der Waals surface area contributed by atoms with Crippen molar-refractivity contribution in [3.05, 3.63) is 47.9 Å². The van der Waals surface area contributed by atoms with E-state index >= 15 is 0 Å². The number of hydroxylamine groups is 2. The SMILES string of the molecule is CC1(C)C(NC(=O)/C(=N\OCCOc2ccc(-c3cn(CCCN)cn3)cc2)c2csc(N)n2)C(=O)N1OSO. The van der Waals surface area contributed by atoms with E-state index < -0.39 is 23.4 Å². The third kappa shape index (κ3) is 6.71. The number of carbonyl (C=O) groups excluding carboxylic acids is 2. The van der Waals surface area contributed by atoms with E-state index in [1.165, 1.54) is 0 Å². The molecular formula is C24H30N8O6S2. The molecule has 0 aliphatic carbocycles. The summed E-state index contributed by atoms with van der Waals surface area (Å²) in [5.74, 6) is -0.588. The van der Waals surface area contributed by atoms with Crippen LogP contribution in [0, 0.1) is 0 Å². The van der Waals surface area contributed by atoms with Crippen molar-refractivity contribution in [1.82, 2.24) is 24.9 Å². The summed E-state index contributed by atoms with van der Waals surface area (Å²) in [4.78, 5) is 39.3. The van der Waals surface area contributed by atoms with Crippen LogP contribution in [0.2, 0.25) is 0 Å². The molecule has 0 bridgehead atoms. The van der Waals surface area contributed by atoms with Gasteiger partial charge in [-0.05, 0) is 51.1 Å². The van der Waals surface area contributed by atoms with Gasteiger partial charge < -0.3 is 35.5 Å². The smallest absolute Gasteiger partial charge is 0.276 e. The number of β-lactam (4-membered cyclic amide) rings is 1. The highest BCUT2D eigenvalue weighted by Gasteiger charge is 2.57. The quantitative estimate of drug-likeness (QED) is 0.0704. The molecule has 1 unspecified atom stereocenters. The van der Waals surface area contributed by atoms with Crippen molar-refractivity contribution in [3.8, 4) is 17.0 Å². The number of nitrogens with two attached hydrogens (primary N) is 2. The monoisotopic (exact) mass is 590 g/mol. The first-order valence-electron chi connectivity index (χ1n) is 12.2. The highest BCUT2D eigenvalue weighted by atomic mass is 32.2. The van der Waals surface area contributed by atoms with Crippen molar-refractivity contribution in [1.29, 1.82) is 0 Å². The molecule has 3 heterocycles. The fourth-order valence-electron chi connectivity index (χ4n) is 3.89. The molecule has 1 fully saturated rings. The Bertz CT molecular complexity index is 1340. The molecule has 16 heteroatoms. The fourth-order valence-corrected chi connectivity index (χ4v) is 4.77. The van der Waals surface area contributed by atoms with Gasteiger partial charge in [0, 0.05) is 23.7 Å². The molecule has 214 valence electrons. The number of aryl methyl sites for hydroxylation is 1. The second-order valence-electron chi connectivity index (χ2n) is 9.20. The third-order valence-corrected chi connectivity index (χ3v) is 6.93. The Hall–Kier alpha value is -3.70. The highest BCUT2D eigenvalue weighted by molar-refractivity contribution is 7.88. The van der Waals surface area contributed by atoms with Gasteiger partial charge in [-0.25, -0.2) is 9.97 Å². The average Bonchev–Trinajstić information content (AvgIpc) is 3.60. The Balaban J connectivity index is 1.32. The number of amides is 2. The lowest BCUT2D eigenvalue weighted by molar-refractivity contribution is -0.214. The largest absolute Gasteiger partial charge is 0.490 e. The van der Waals surface area contributed by atoms with Gasteiger partial charge in [0.15, 0.2) is 29.8 Å². The molecule has 1 aromatic carbocycles. The zero-order valence-electron chi connectivity index (χ0n) is 21.9. The lowest BCUT2D eigenvalue weighted by Gasteiger charge is -2.50. The number of thiazole rings is 1. The van der Waals surface area contributed by atoms with Crippen molar-refractivity contribution < 1.29 is 28.0 Å². The first-order chi connectivity index (χ1) is 19.2. The van der Waals surface area contributed by atoms with Crippen LogP contribution in [0.3, 0.4) is 0 Å². The summed E-state index contributed by atoms with van der Waals surface area (Å²) in [5, 5.41) is 9.33. The number of imidazole rings is 1. The number of carbonyl (C=O) groups is 2. The van der Waals surface area contributed by atoms with Gasteiger partial charge >= 0.3 is 0 Å². The van der Waals surface area contributed by atoms with E-state index in [4.69, 9.17) is 29.9 Å². The molecule has 1 aliphatic heterocycles. The number of hydrogen-bond acceptors (Lipinski definition) is 13. The van der Waals surface area contributed by atoms with Crippen molar-refractivity contribution in [3.63, 3.8) is 0 Å². The number of nitrogen functional groups attached to an aromatic ring is 1. The molecule has 6 N–H and O–H groups in total. The van der Waals surface area contributed by atoms with Crippen LogP contribution in [0.4, 0.5) is 5.13 Å². The number of anilines is 1. The molecule has 40 heavy (non-hydrogen) atoms. The van der Waals surface area contributed by atoms with Crippen LogP contribution in [0.15, 0.2) is 47.3 Å². The number of benzene rings is 1. The maximum absolute atomic E-state index is 13.0. The minimum atomic E-state index is -0.917. The maximum Gasteiger partial charge on any atom is 0.276 e. The van der Waals surface area contributed by atoms with Crippen LogP contribution in [-0.4, -0.2) is 73.0 Å². The number of hydrogen-bond donors (Lipinski definition) is 4. The van der Waals surface area contributed by atoms with E-state index in [-0.39, 0.29) is 42.1 Å². The molecule has 0 spiro atoms. The average molecular weight is 591 g/mol. The second kappa shape index (κ2) is 13.1. The van der Waals surface area contributed by atoms with Crippen LogP contribution in [0.1, 0.15) is 26.0 Å². The number of aromatic nitrogens is 3. The van der Waals surface area contributed by atoms with Gasteiger partial charge in [0.25, 0.3) is 11.8 Å². The molecule has 2 amide bonds. The number of nitrogens with zero attached hydrogens (tertiary/aromatic N) is 5. The maximum atomic E-state index is 13.0. The van der Waals surface area contributed by atoms with Crippen molar-refractivity contribution >= 4 is 46.3 Å². The predicted octanol–water partition coefficient (Wildman–Crippen LogP) is 1.90. The van der Waals surface area contributed by atoms with Crippen LogP contribution in [-0.2, 0) is 25.3 Å². The number of ether oxygens (including phenoxy) is 1. The lowest BCUT2D eigenvalue weighted by atomic mass is 9.84. The Labute approximate surface area is 238 Å². The standard InChI is InChI=1S/C24H30N8O6S2/c1-24(2)20(22(34)32(24)38-40-35)29-21(33)19(18-13-39-23(26)28-18)30-37-11-10-36-16-6-4-15(5-7-16)17-12-31(14-27-17)9-3-8-25/h4-7,12-14,20,35H,3,8-11,25H2,1-2H3,(H2,26,28)(H,29,33)/b30-19-. The third-order valence-electron chi connectivity index (χ3n) is 6.04. The van der Waals surface area contributed by atoms with E-state index in [0.29, 0.717) is 12.3 Å². The zero-order chi connectivity index (χ0) is 28.7. The van der Waals surface area contributed by atoms with E-state index in [1.54, 1.807) is 25.6 Å². The molecule has 1 saturated heterocycles. The molecule has 0 radical (unpaired) electrons. The second-order valence-corrected chi connectivity index (χ2v) is 10.4. The van der Waals surface area contributed by atoms with Gasteiger partial charge in [-0.3, -0.25) is 9.59 Å². The molecule has 14 nitrogen and oxygen atoms in total. The minimum Gasteiger partial charge on any atom is -0.490 e. The summed E-state index contributed by atoms with van der Waals surface area (Å²) in [6.07, 6.45) is 4.64. The molecular weight excluding hydrogens is 560 g/mol. The summed E-state index contributed by atoms with van der Waals surface area (Å²) in [6.45, 7) is 4.98. The number of oxime groups is 1. The van der Waals surface area contributed by atoms with Crippen LogP contribution in [0.25, 0.3) is 11.3 Å². The predicted molar refractivity (Wildman–Crippen MR) is 150 cm³/mol. The minimum absolute atomic E-state index is 0.0346. The van der Waals surface area contributed by atoms with E-state index in [9.17, 15) is 9.59 Å². The zero-order valence-corrected chi connectivity index (χ0v) is 23.5. The number of nitrogens with one attached hydrogen (secondary N) is 1. The molecule has 2 aromatic heterocycles. The van der Waals surface area contributed by atoms with E-state index in [1.807, 2.05) is 35.0 Å². The summed E-state index contributed by atoms with van der Waals surface area (Å²) in [7, 11) is 0. The lowest BCUT2D eigenvalue weighted by Crippen LogP contribution is -2.76. The Kier molecular flexibility index (Phi) is 9.59. The molecule has 3 aromatic rings. The first-order valence-corrected chi connectivity index (χ1v) is 13.8. The molecule has 4 rings (SSSR count). The Morgan fingerprint density at radius 2 is 2.08 bits per heavy atom. The Morgan fingerprint density at radius 3 is 2.73 bits per heavy atom. The molecule has 1 aliphatic rings. The topological polar surface area (TPSA) is 192 Å². The molecule has 1 atom stereocenters. The van der Waals surface area contributed by atoms with Gasteiger partial charge in [0.05, 0.1) is 17.6 Å². The van der Waals surface area contributed by atoms with Crippen LogP contribution >= 0.6 is 23.7 Å². The summed E-state index contributed by atoms with van der Waals surface area (Å²) in [5.41, 5.74) is 12.2. The van der Waals surface area contributed by atoms with Gasteiger partial charge in [-0.2, -0.15) is 9.35 Å². The van der Waals surface area contributed by atoms with Crippen molar-refractivity contribution in [2.45, 2.75) is 38.4 Å². The van der Waals surface area contributed by atoms with Gasteiger partial charge in [-0.1, -0.05) is 5.16 Å². The van der Waals surface area contributed by atoms with Gasteiger partial charge in [0.2, 0.25) is 0 Å². The van der Waals surface area contributed by atoms with Crippen molar-refractivity contribution in [2.24, 2.45) is 10.9 Å².